The molecule has 0 aromatic rings. The third-order valence-corrected chi connectivity index (χ3v) is 3.66. The lowest BCUT2D eigenvalue weighted by Gasteiger charge is -2.32. The number of hydrogen-bond acceptors (Lipinski definition) is 4. The van der Waals surface area contributed by atoms with Crippen molar-refractivity contribution in [2.45, 2.75) is 44.0 Å². The number of amides is 1. The summed E-state index contributed by atoms with van der Waals surface area (Å²) in [5, 5.41) is 8.82. The van der Waals surface area contributed by atoms with E-state index in [9.17, 15) is 9.59 Å². The largest absolute Gasteiger partial charge is 0.479 e. The van der Waals surface area contributed by atoms with Crippen molar-refractivity contribution in [3.05, 3.63) is 0 Å². The maximum atomic E-state index is 12.1. The zero-order valence-electron chi connectivity index (χ0n) is 10.5. The van der Waals surface area contributed by atoms with Crippen LogP contribution >= 0.6 is 0 Å². The number of nitrogens with zero attached hydrogens (tertiary/aromatic N) is 1. The van der Waals surface area contributed by atoms with Gasteiger partial charge in [0.2, 0.25) is 0 Å². The summed E-state index contributed by atoms with van der Waals surface area (Å²) in [5.74, 6) is -1.06. The van der Waals surface area contributed by atoms with Gasteiger partial charge in [-0.25, -0.2) is 4.79 Å². The Bertz CT molecular complexity index is 324. The van der Waals surface area contributed by atoms with Gasteiger partial charge in [-0.15, -0.1) is 0 Å². The minimum absolute atomic E-state index is 0.0756. The summed E-state index contributed by atoms with van der Waals surface area (Å²) in [5.41, 5.74) is 0. The number of carboxylic acid groups (broad SMARTS) is 1. The first kappa shape index (κ1) is 13.3. The van der Waals surface area contributed by atoms with Gasteiger partial charge in [0.1, 0.15) is 6.10 Å². The minimum atomic E-state index is -0.983. The lowest BCUT2D eigenvalue weighted by Crippen LogP contribution is -2.45. The van der Waals surface area contributed by atoms with Crippen LogP contribution in [0.3, 0.4) is 0 Å². The maximum absolute atomic E-state index is 12.1. The fourth-order valence-corrected chi connectivity index (χ4v) is 2.52. The van der Waals surface area contributed by atoms with Crippen molar-refractivity contribution in [3.8, 4) is 0 Å². The monoisotopic (exact) mass is 257 g/mol. The van der Waals surface area contributed by atoms with Crippen molar-refractivity contribution >= 4 is 11.9 Å². The Kier molecular flexibility index (Phi) is 4.19. The SMILES string of the molecule is COC1CCN(C(=O)C2CCC(C(=O)O)O2)CC1. The predicted molar refractivity (Wildman–Crippen MR) is 62.1 cm³/mol. The molecule has 2 heterocycles. The Morgan fingerprint density at radius 1 is 1.17 bits per heavy atom. The van der Waals surface area contributed by atoms with Crippen LogP contribution in [0, 0.1) is 0 Å². The summed E-state index contributed by atoms with van der Waals surface area (Å²) in [6.45, 7) is 1.32. The molecule has 18 heavy (non-hydrogen) atoms. The van der Waals surface area contributed by atoms with E-state index in [2.05, 4.69) is 0 Å². The van der Waals surface area contributed by atoms with Crippen molar-refractivity contribution in [1.29, 1.82) is 0 Å². The number of aliphatic carboxylic acids is 1. The van der Waals surface area contributed by atoms with E-state index >= 15 is 0 Å². The number of rotatable bonds is 3. The van der Waals surface area contributed by atoms with Crippen LogP contribution in [0.1, 0.15) is 25.7 Å². The highest BCUT2D eigenvalue weighted by Crippen LogP contribution is 2.23. The highest BCUT2D eigenvalue weighted by atomic mass is 16.5. The van der Waals surface area contributed by atoms with Gasteiger partial charge in [0.15, 0.2) is 6.10 Å². The molecule has 0 radical (unpaired) electrons. The summed E-state index contributed by atoms with van der Waals surface area (Å²) >= 11 is 0. The molecule has 6 nitrogen and oxygen atoms in total. The van der Waals surface area contributed by atoms with Gasteiger partial charge in [0, 0.05) is 20.2 Å². The quantitative estimate of drug-likeness (QED) is 0.784. The number of piperidine rings is 1. The molecule has 2 atom stereocenters. The molecule has 1 amide bonds. The number of methoxy groups -OCH3 is 1. The number of carbonyl (C=O) groups is 2. The molecule has 0 aromatic carbocycles. The first-order valence-electron chi connectivity index (χ1n) is 6.31. The molecule has 2 aliphatic heterocycles. The first-order valence-corrected chi connectivity index (χ1v) is 6.31. The molecule has 2 rings (SSSR count). The van der Waals surface area contributed by atoms with Crippen LogP contribution in [0.5, 0.6) is 0 Å². The highest BCUT2D eigenvalue weighted by Gasteiger charge is 2.37. The van der Waals surface area contributed by atoms with Crippen molar-refractivity contribution in [2.24, 2.45) is 0 Å². The van der Waals surface area contributed by atoms with Gasteiger partial charge in [-0.3, -0.25) is 4.79 Å². The predicted octanol–water partition coefficient (Wildman–Crippen LogP) is 0.256. The Morgan fingerprint density at radius 3 is 2.28 bits per heavy atom. The molecule has 0 aliphatic carbocycles. The fraction of sp³-hybridized carbons (Fsp3) is 0.833. The Balaban J connectivity index is 1.84. The van der Waals surface area contributed by atoms with Crippen LogP contribution in [0.2, 0.25) is 0 Å². The van der Waals surface area contributed by atoms with E-state index in [1.165, 1.54) is 0 Å². The molecule has 2 aliphatic rings. The number of ether oxygens (including phenoxy) is 2. The average Bonchev–Trinajstić information content (AvgIpc) is 2.88. The van der Waals surface area contributed by atoms with Gasteiger partial charge in [-0.1, -0.05) is 0 Å². The molecule has 2 fully saturated rings. The van der Waals surface area contributed by atoms with Crippen LogP contribution in [-0.4, -0.2) is 60.4 Å². The Labute approximate surface area is 106 Å². The van der Waals surface area contributed by atoms with Crippen LogP contribution < -0.4 is 0 Å². The Hall–Kier alpha value is -1.14. The van der Waals surface area contributed by atoms with E-state index in [4.69, 9.17) is 14.6 Å². The second kappa shape index (κ2) is 5.67. The van der Waals surface area contributed by atoms with Crippen molar-refractivity contribution < 1.29 is 24.2 Å². The minimum Gasteiger partial charge on any atom is -0.479 e. The number of carbonyl (C=O) groups excluding carboxylic acids is 1. The molecule has 1 N–H and O–H groups in total. The molecule has 0 spiro atoms. The van der Waals surface area contributed by atoms with E-state index in [1.807, 2.05) is 0 Å². The second-order valence-corrected chi connectivity index (χ2v) is 4.79. The topological polar surface area (TPSA) is 76.1 Å². The molecular weight excluding hydrogens is 238 g/mol. The lowest BCUT2D eigenvalue weighted by molar-refractivity contribution is -0.155. The normalized spacial score (nSPS) is 29.5. The first-order chi connectivity index (χ1) is 8.61. The molecule has 2 unspecified atom stereocenters. The van der Waals surface area contributed by atoms with E-state index in [1.54, 1.807) is 12.0 Å². The molecule has 102 valence electrons. The van der Waals surface area contributed by atoms with Crippen molar-refractivity contribution in [1.82, 2.24) is 4.90 Å². The summed E-state index contributed by atoms with van der Waals surface area (Å²) in [7, 11) is 1.68. The third kappa shape index (κ3) is 2.81. The Morgan fingerprint density at radius 2 is 1.78 bits per heavy atom. The average molecular weight is 257 g/mol. The van der Waals surface area contributed by atoms with Gasteiger partial charge in [0.25, 0.3) is 5.91 Å². The van der Waals surface area contributed by atoms with E-state index in [0.717, 1.165) is 12.8 Å². The highest BCUT2D eigenvalue weighted by molar-refractivity contribution is 5.82. The van der Waals surface area contributed by atoms with Crippen LogP contribution in [0.4, 0.5) is 0 Å². The zero-order valence-corrected chi connectivity index (χ0v) is 10.5. The number of hydrogen-bond donors (Lipinski definition) is 1. The molecule has 0 bridgehead atoms. The summed E-state index contributed by atoms with van der Waals surface area (Å²) in [4.78, 5) is 24.6. The molecule has 0 saturated carbocycles. The number of carboxylic acids is 1. The number of likely N-dealkylation sites (tertiary alicyclic amines) is 1. The smallest absolute Gasteiger partial charge is 0.332 e. The molecule has 6 heteroatoms. The lowest BCUT2D eigenvalue weighted by atomic mass is 10.1. The van der Waals surface area contributed by atoms with Crippen LogP contribution in [0.25, 0.3) is 0 Å². The molecule has 0 aromatic heterocycles. The molecular formula is C12H19NO5. The van der Waals surface area contributed by atoms with E-state index in [0.29, 0.717) is 25.9 Å². The fourth-order valence-electron chi connectivity index (χ4n) is 2.52. The van der Waals surface area contributed by atoms with Crippen molar-refractivity contribution in [3.63, 3.8) is 0 Å². The van der Waals surface area contributed by atoms with Crippen LogP contribution in [-0.2, 0) is 19.1 Å². The summed E-state index contributed by atoms with van der Waals surface area (Å²) < 4.78 is 10.5. The molecule has 2 saturated heterocycles. The zero-order chi connectivity index (χ0) is 13.1. The van der Waals surface area contributed by atoms with E-state index in [-0.39, 0.29) is 12.0 Å². The summed E-state index contributed by atoms with van der Waals surface area (Å²) in [6.07, 6.45) is 1.40. The van der Waals surface area contributed by atoms with Crippen LogP contribution in [0.15, 0.2) is 0 Å². The van der Waals surface area contributed by atoms with Gasteiger partial charge in [-0.05, 0) is 25.7 Å². The van der Waals surface area contributed by atoms with Gasteiger partial charge in [-0.2, -0.15) is 0 Å². The maximum Gasteiger partial charge on any atom is 0.332 e. The van der Waals surface area contributed by atoms with E-state index < -0.39 is 18.2 Å². The third-order valence-electron chi connectivity index (χ3n) is 3.66. The van der Waals surface area contributed by atoms with Gasteiger partial charge >= 0.3 is 5.97 Å². The van der Waals surface area contributed by atoms with Gasteiger partial charge in [0.05, 0.1) is 6.10 Å². The second-order valence-electron chi connectivity index (χ2n) is 4.79. The standard InChI is InChI=1S/C12H19NO5/c1-17-8-4-6-13(7-5-8)11(14)9-2-3-10(18-9)12(15)16/h8-10H,2-7H2,1H3,(H,15,16). The van der Waals surface area contributed by atoms with Gasteiger partial charge < -0.3 is 19.5 Å². The van der Waals surface area contributed by atoms with Crippen molar-refractivity contribution in [2.75, 3.05) is 20.2 Å². The summed E-state index contributed by atoms with van der Waals surface area (Å²) in [6, 6.07) is 0.